The number of carbonyl (C=O) groups excluding carboxylic acids is 1. The third-order valence-electron chi connectivity index (χ3n) is 4.17. The maximum Gasteiger partial charge on any atom is 0.311 e. The van der Waals surface area contributed by atoms with Gasteiger partial charge in [0.05, 0.1) is 18.6 Å². The molecule has 0 amide bonds. The molecule has 3 heteroatoms. The Balaban J connectivity index is 2.18. The van der Waals surface area contributed by atoms with Gasteiger partial charge in [0.1, 0.15) is 0 Å². The summed E-state index contributed by atoms with van der Waals surface area (Å²) in [6.07, 6.45) is 3.43. The first-order chi connectivity index (χ1) is 6.58. The zero-order valence-corrected chi connectivity index (χ0v) is 8.82. The molecular weight excluding hydrogens is 180 g/mol. The van der Waals surface area contributed by atoms with Crippen LogP contribution in [0.25, 0.3) is 0 Å². The maximum atomic E-state index is 11.7. The van der Waals surface area contributed by atoms with Crippen LogP contribution in [0.15, 0.2) is 0 Å². The molecule has 4 atom stereocenters. The van der Waals surface area contributed by atoms with E-state index in [4.69, 9.17) is 4.74 Å². The van der Waals surface area contributed by atoms with E-state index in [1.807, 2.05) is 6.92 Å². The van der Waals surface area contributed by atoms with E-state index in [2.05, 4.69) is 0 Å². The summed E-state index contributed by atoms with van der Waals surface area (Å²) in [5.74, 6) is 0.776. The van der Waals surface area contributed by atoms with Gasteiger partial charge in [0.2, 0.25) is 0 Å². The molecule has 0 aromatic rings. The van der Waals surface area contributed by atoms with E-state index in [-0.39, 0.29) is 17.5 Å². The van der Waals surface area contributed by atoms with Gasteiger partial charge < -0.3 is 9.84 Å². The fourth-order valence-corrected chi connectivity index (χ4v) is 3.35. The van der Waals surface area contributed by atoms with Gasteiger partial charge in [-0.25, -0.2) is 0 Å². The maximum absolute atomic E-state index is 11.7. The van der Waals surface area contributed by atoms with Crippen molar-refractivity contribution in [1.29, 1.82) is 0 Å². The van der Waals surface area contributed by atoms with Crippen LogP contribution in [-0.4, -0.2) is 24.3 Å². The highest BCUT2D eigenvalue weighted by atomic mass is 16.5. The van der Waals surface area contributed by atoms with Gasteiger partial charge in [0.15, 0.2) is 0 Å². The molecule has 0 bridgehead atoms. The third kappa shape index (κ3) is 1.26. The van der Waals surface area contributed by atoms with Crippen LogP contribution >= 0.6 is 0 Å². The predicted molar refractivity (Wildman–Crippen MR) is 51.6 cm³/mol. The lowest BCUT2D eigenvalue weighted by molar-refractivity contribution is -0.154. The molecule has 2 fully saturated rings. The largest absolute Gasteiger partial charge is 0.469 e. The summed E-state index contributed by atoms with van der Waals surface area (Å²) in [4.78, 5) is 11.7. The van der Waals surface area contributed by atoms with E-state index >= 15 is 0 Å². The molecule has 0 heterocycles. The Morgan fingerprint density at radius 2 is 2.21 bits per heavy atom. The SMILES string of the molecule is COC(=O)C1(C)CCC2CC(O)CC21. The lowest BCUT2D eigenvalue weighted by Gasteiger charge is -2.27. The van der Waals surface area contributed by atoms with Gasteiger partial charge >= 0.3 is 5.97 Å². The van der Waals surface area contributed by atoms with Gasteiger partial charge in [0, 0.05) is 0 Å². The smallest absolute Gasteiger partial charge is 0.311 e. The number of hydrogen-bond donors (Lipinski definition) is 1. The number of aliphatic hydroxyl groups is 1. The summed E-state index contributed by atoms with van der Waals surface area (Å²) in [5, 5.41) is 9.57. The number of esters is 1. The number of rotatable bonds is 1. The third-order valence-corrected chi connectivity index (χ3v) is 4.17. The highest BCUT2D eigenvalue weighted by molar-refractivity contribution is 5.77. The summed E-state index contributed by atoms with van der Waals surface area (Å²) in [6.45, 7) is 1.99. The first-order valence-electron chi connectivity index (χ1n) is 5.34. The zero-order valence-electron chi connectivity index (χ0n) is 8.82. The molecule has 0 aromatic heterocycles. The predicted octanol–water partition coefficient (Wildman–Crippen LogP) is 1.35. The molecule has 3 nitrogen and oxygen atoms in total. The van der Waals surface area contributed by atoms with Crippen LogP contribution in [0.5, 0.6) is 0 Å². The number of hydrogen-bond acceptors (Lipinski definition) is 3. The van der Waals surface area contributed by atoms with Crippen molar-refractivity contribution in [1.82, 2.24) is 0 Å². The van der Waals surface area contributed by atoms with Crippen LogP contribution in [0.1, 0.15) is 32.6 Å². The van der Waals surface area contributed by atoms with E-state index in [1.165, 1.54) is 7.11 Å². The van der Waals surface area contributed by atoms with E-state index in [9.17, 15) is 9.90 Å². The van der Waals surface area contributed by atoms with Gasteiger partial charge in [-0.15, -0.1) is 0 Å². The number of methoxy groups -OCH3 is 1. The van der Waals surface area contributed by atoms with Crippen LogP contribution in [-0.2, 0) is 9.53 Å². The molecule has 80 valence electrons. The van der Waals surface area contributed by atoms with Crippen molar-refractivity contribution in [3.05, 3.63) is 0 Å². The van der Waals surface area contributed by atoms with Crippen molar-refractivity contribution >= 4 is 5.97 Å². The average Bonchev–Trinajstić information content (AvgIpc) is 2.66. The molecule has 1 N–H and O–H groups in total. The van der Waals surface area contributed by atoms with Crippen LogP contribution < -0.4 is 0 Å². The second kappa shape index (κ2) is 3.23. The summed E-state index contributed by atoms with van der Waals surface area (Å²) in [7, 11) is 1.45. The van der Waals surface area contributed by atoms with Gasteiger partial charge in [-0.2, -0.15) is 0 Å². The Labute approximate surface area is 84.4 Å². The number of fused-ring (bicyclic) bond motifs is 1. The van der Waals surface area contributed by atoms with E-state index < -0.39 is 0 Å². The average molecular weight is 198 g/mol. The monoisotopic (exact) mass is 198 g/mol. The molecule has 2 aliphatic carbocycles. The molecule has 0 spiro atoms. The number of aliphatic hydroxyl groups excluding tert-OH is 1. The summed E-state index contributed by atoms with van der Waals surface area (Å²) in [6, 6.07) is 0. The molecule has 2 rings (SSSR count). The molecule has 2 saturated carbocycles. The highest BCUT2D eigenvalue weighted by Crippen LogP contribution is 2.55. The van der Waals surface area contributed by atoms with E-state index in [0.717, 1.165) is 25.7 Å². The first kappa shape index (κ1) is 9.97. The molecule has 14 heavy (non-hydrogen) atoms. The molecule has 0 aliphatic heterocycles. The minimum absolute atomic E-state index is 0.0981. The van der Waals surface area contributed by atoms with E-state index in [0.29, 0.717) is 11.8 Å². The quantitative estimate of drug-likeness (QED) is 0.647. The standard InChI is InChI=1S/C11H18O3/c1-11(10(13)14-2)4-3-7-5-8(12)6-9(7)11/h7-9,12H,3-6H2,1-2H3. The van der Waals surface area contributed by atoms with E-state index in [1.54, 1.807) is 0 Å². The van der Waals surface area contributed by atoms with Crippen molar-refractivity contribution in [3.8, 4) is 0 Å². The molecule has 0 saturated heterocycles. The van der Waals surface area contributed by atoms with Crippen LogP contribution in [0.2, 0.25) is 0 Å². The topological polar surface area (TPSA) is 46.5 Å². The second-order valence-corrected chi connectivity index (χ2v) is 4.94. The van der Waals surface area contributed by atoms with Crippen molar-refractivity contribution < 1.29 is 14.6 Å². The Morgan fingerprint density at radius 3 is 2.86 bits per heavy atom. The van der Waals surface area contributed by atoms with Crippen LogP contribution in [0, 0.1) is 17.3 Å². The summed E-state index contributed by atoms with van der Waals surface area (Å²) in [5.41, 5.74) is -0.336. The fraction of sp³-hybridized carbons (Fsp3) is 0.909. The summed E-state index contributed by atoms with van der Waals surface area (Å²) >= 11 is 0. The fourth-order valence-electron chi connectivity index (χ4n) is 3.35. The second-order valence-electron chi connectivity index (χ2n) is 4.94. The molecule has 0 aromatic carbocycles. The first-order valence-corrected chi connectivity index (χ1v) is 5.34. The minimum Gasteiger partial charge on any atom is -0.469 e. The Bertz CT molecular complexity index is 251. The van der Waals surface area contributed by atoms with Gasteiger partial charge in [-0.05, 0) is 44.4 Å². The van der Waals surface area contributed by atoms with Crippen molar-refractivity contribution in [2.24, 2.45) is 17.3 Å². The lowest BCUT2D eigenvalue weighted by atomic mass is 9.78. The zero-order chi connectivity index (χ0) is 10.3. The number of ether oxygens (including phenoxy) is 1. The van der Waals surface area contributed by atoms with Gasteiger partial charge in [0.25, 0.3) is 0 Å². The Morgan fingerprint density at radius 1 is 1.50 bits per heavy atom. The van der Waals surface area contributed by atoms with Crippen molar-refractivity contribution in [2.45, 2.75) is 38.7 Å². The van der Waals surface area contributed by atoms with Gasteiger partial charge in [-0.1, -0.05) is 0 Å². The van der Waals surface area contributed by atoms with Crippen molar-refractivity contribution in [2.75, 3.05) is 7.11 Å². The Kier molecular flexibility index (Phi) is 2.30. The van der Waals surface area contributed by atoms with Crippen LogP contribution in [0.3, 0.4) is 0 Å². The molecular formula is C11H18O3. The normalized spacial score (nSPS) is 46.4. The minimum atomic E-state index is -0.336. The molecule has 2 aliphatic rings. The molecule has 0 radical (unpaired) electrons. The molecule has 4 unspecified atom stereocenters. The summed E-state index contributed by atoms with van der Waals surface area (Å²) < 4.78 is 4.86. The van der Waals surface area contributed by atoms with Crippen LogP contribution in [0.4, 0.5) is 0 Å². The lowest BCUT2D eigenvalue weighted by Crippen LogP contribution is -2.33. The highest BCUT2D eigenvalue weighted by Gasteiger charge is 2.54. The Hall–Kier alpha value is -0.570. The van der Waals surface area contributed by atoms with Crippen molar-refractivity contribution in [3.63, 3.8) is 0 Å². The van der Waals surface area contributed by atoms with Gasteiger partial charge in [-0.3, -0.25) is 4.79 Å². The number of carbonyl (C=O) groups is 1.